The van der Waals surface area contributed by atoms with E-state index in [9.17, 15) is 4.79 Å². The Balaban J connectivity index is 1.64. The summed E-state index contributed by atoms with van der Waals surface area (Å²) < 4.78 is 6.23. The van der Waals surface area contributed by atoms with E-state index in [-0.39, 0.29) is 11.9 Å². The van der Waals surface area contributed by atoms with Gasteiger partial charge in [0.05, 0.1) is 11.8 Å². The zero-order valence-electron chi connectivity index (χ0n) is 13.5. The quantitative estimate of drug-likeness (QED) is 0.768. The summed E-state index contributed by atoms with van der Waals surface area (Å²) in [7, 11) is 0. The Morgan fingerprint density at radius 3 is 3.00 bits per heavy atom. The summed E-state index contributed by atoms with van der Waals surface area (Å²) in [5, 5.41) is 13.1. The molecular formula is C15H20N4O2S2. The number of nitrogens with zero attached hydrogens (tertiary/aromatic N) is 4. The maximum absolute atomic E-state index is 12.6. The van der Waals surface area contributed by atoms with E-state index in [4.69, 9.17) is 4.52 Å². The fraction of sp³-hybridized carbons (Fsp3) is 0.600. The SMILES string of the molecule is Cc1nnc(SCC(=O)N2CCC[C@@H]2c2cc(C(C)C)on2)s1. The van der Waals surface area contributed by atoms with Crippen LogP contribution in [-0.4, -0.2) is 38.5 Å². The van der Waals surface area contributed by atoms with Crippen LogP contribution in [0.3, 0.4) is 0 Å². The summed E-state index contributed by atoms with van der Waals surface area (Å²) in [5.41, 5.74) is 0.872. The lowest BCUT2D eigenvalue weighted by Crippen LogP contribution is -2.32. The fourth-order valence-corrected chi connectivity index (χ4v) is 4.35. The lowest BCUT2D eigenvalue weighted by molar-refractivity contribution is -0.129. The molecule has 23 heavy (non-hydrogen) atoms. The second-order valence-corrected chi connectivity index (χ2v) is 8.33. The zero-order valence-corrected chi connectivity index (χ0v) is 15.1. The first-order chi connectivity index (χ1) is 11.0. The highest BCUT2D eigenvalue weighted by atomic mass is 32.2. The molecule has 1 aliphatic heterocycles. The van der Waals surface area contributed by atoms with Gasteiger partial charge in [0, 0.05) is 18.5 Å². The van der Waals surface area contributed by atoms with E-state index in [1.54, 1.807) is 0 Å². The minimum absolute atomic E-state index is 0.0375. The van der Waals surface area contributed by atoms with Crippen molar-refractivity contribution in [1.29, 1.82) is 0 Å². The first kappa shape index (κ1) is 16.4. The number of carbonyl (C=O) groups is 1. The molecule has 1 aliphatic rings. The molecule has 8 heteroatoms. The molecule has 1 saturated heterocycles. The summed E-state index contributed by atoms with van der Waals surface area (Å²) in [5.74, 6) is 1.69. The van der Waals surface area contributed by atoms with E-state index in [2.05, 4.69) is 29.2 Å². The molecule has 2 aromatic rings. The average Bonchev–Trinajstić information content (AvgIpc) is 3.24. The number of rotatable bonds is 5. The maximum Gasteiger partial charge on any atom is 0.233 e. The van der Waals surface area contributed by atoms with Crippen molar-refractivity contribution in [3.63, 3.8) is 0 Å². The molecule has 3 rings (SSSR count). The third-order valence-corrected chi connectivity index (χ3v) is 5.81. The summed E-state index contributed by atoms with van der Waals surface area (Å²) >= 11 is 2.97. The molecule has 0 saturated carbocycles. The normalized spacial score (nSPS) is 18.1. The van der Waals surface area contributed by atoms with Gasteiger partial charge in [-0.15, -0.1) is 10.2 Å². The Morgan fingerprint density at radius 2 is 2.35 bits per heavy atom. The molecule has 1 amide bonds. The summed E-state index contributed by atoms with van der Waals surface area (Å²) in [4.78, 5) is 14.5. The van der Waals surface area contributed by atoms with Gasteiger partial charge in [-0.25, -0.2) is 0 Å². The van der Waals surface area contributed by atoms with Crippen molar-refractivity contribution in [2.45, 2.75) is 49.9 Å². The fourth-order valence-electron chi connectivity index (χ4n) is 2.65. The highest BCUT2D eigenvalue weighted by Crippen LogP contribution is 2.33. The number of hydrogen-bond donors (Lipinski definition) is 0. The van der Waals surface area contributed by atoms with E-state index >= 15 is 0 Å². The van der Waals surface area contributed by atoms with Crippen LogP contribution in [0.15, 0.2) is 14.9 Å². The van der Waals surface area contributed by atoms with Crippen LogP contribution in [0.2, 0.25) is 0 Å². The van der Waals surface area contributed by atoms with Gasteiger partial charge >= 0.3 is 0 Å². The minimum atomic E-state index is 0.0375. The van der Waals surface area contributed by atoms with Gasteiger partial charge < -0.3 is 9.42 Å². The Hall–Kier alpha value is -1.41. The van der Waals surface area contributed by atoms with Crippen molar-refractivity contribution in [3.05, 3.63) is 22.5 Å². The predicted octanol–water partition coefficient (Wildman–Crippen LogP) is 3.41. The van der Waals surface area contributed by atoms with Crippen molar-refractivity contribution in [1.82, 2.24) is 20.3 Å². The van der Waals surface area contributed by atoms with Gasteiger partial charge in [0.1, 0.15) is 16.5 Å². The Morgan fingerprint density at radius 1 is 1.52 bits per heavy atom. The highest BCUT2D eigenvalue weighted by Gasteiger charge is 2.32. The second kappa shape index (κ2) is 7.00. The first-order valence-electron chi connectivity index (χ1n) is 7.73. The molecule has 0 radical (unpaired) electrons. The maximum atomic E-state index is 12.6. The number of thioether (sulfide) groups is 1. The molecule has 0 spiro atoms. The van der Waals surface area contributed by atoms with Crippen molar-refractivity contribution in [3.8, 4) is 0 Å². The molecule has 1 fully saturated rings. The van der Waals surface area contributed by atoms with Gasteiger partial charge in [-0.3, -0.25) is 4.79 Å². The van der Waals surface area contributed by atoms with E-state index < -0.39 is 0 Å². The van der Waals surface area contributed by atoms with E-state index in [0.717, 1.165) is 40.2 Å². The van der Waals surface area contributed by atoms with Crippen LogP contribution in [0.5, 0.6) is 0 Å². The lowest BCUT2D eigenvalue weighted by Gasteiger charge is -2.22. The first-order valence-corrected chi connectivity index (χ1v) is 9.53. The van der Waals surface area contributed by atoms with Gasteiger partial charge in [-0.1, -0.05) is 42.1 Å². The van der Waals surface area contributed by atoms with E-state index in [1.807, 2.05) is 17.9 Å². The minimum Gasteiger partial charge on any atom is -0.361 e. The van der Waals surface area contributed by atoms with Gasteiger partial charge in [0.2, 0.25) is 5.91 Å². The number of likely N-dealkylation sites (tertiary alicyclic amines) is 1. The van der Waals surface area contributed by atoms with Crippen molar-refractivity contribution in [2.24, 2.45) is 0 Å². The number of amides is 1. The van der Waals surface area contributed by atoms with Gasteiger partial charge in [0.15, 0.2) is 4.34 Å². The number of aryl methyl sites for hydroxylation is 1. The molecule has 2 aromatic heterocycles. The average molecular weight is 352 g/mol. The monoisotopic (exact) mass is 352 g/mol. The molecule has 0 aliphatic carbocycles. The Kier molecular flexibility index (Phi) is 5.01. The van der Waals surface area contributed by atoms with Gasteiger partial charge in [0.25, 0.3) is 0 Å². The molecule has 1 atom stereocenters. The van der Waals surface area contributed by atoms with Crippen LogP contribution >= 0.6 is 23.1 Å². The lowest BCUT2D eigenvalue weighted by atomic mass is 10.1. The number of carbonyl (C=O) groups excluding carboxylic acids is 1. The van der Waals surface area contributed by atoms with Crippen LogP contribution in [0.1, 0.15) is 55.1 Å². The van der Waals surface area contributed by atoms with Crippen LogP contribution in [-0.2, 0) is 4.79 Å². The summed E-state index contributed by atoms with van der Waals surface area (Å²) in [6.45, 7) is 6.84. The molecule has 3 heterocycles. The van der Waals surface area contributed by atoms with Crippen LogP contribution in [0, 0.1) is 6.92 Å². The molecule has 6 nitrogen and oxygen atoms in total. The standard InChI is InChI=1S/C15H20N4O2S2/c1-9(2)13-7-11(18-21-13)12-5-4-6-19(12)14(20)8-22-15-17-16-10(3)23-15/h7,9,12H,4-6,8H2,1-3H3/t12-/m1/s1. The third-order valence-electron chi connectivity index (χ3n) is 3.86. The molecule has 0 N–H and O–H groups in total. The van der Waals surface area contributed by atoms with Crippen LogP contribution in [0.4, 0.5) is 0 Å². The Labute approximate surface area is 143 Å². The van der Waals surface area contributed by atoms with E-state index in [0.29, 0.717) is 11.7 Å². The van der Waals surface area contributed by atoms with Gasteiger partial charge in [-0.2, -0.15) is 0 Å². The van der Waals surface area contributed by atoms with E-state index in [1.165, 1.54) is 23.1 Å². The third kappa shape index (κ3) is 3.74. The zero-order chi connectivity index (χ0) is 16.4. The van der Waals surface area contributed by atoms with Gasteiger partial charge in [-0.05, 0) is 19.8 Å². The van der Waals surface area contributed by atoms with Crippen LogP contribution < -0.4 is 0 Å². The molecule has 0 aromatic carbocycles. The summed E-state index contributed by atoms with van der Waals surface area (Å²) in [6, 6.07) is 2.03. The van der Waals surface area contributed by atoms with Crippen molar-refractivity contribution in [2.75, 3.05) is 12.3 Å². The largest absolute Gasteiger partial charge is 0.361 e. The van der Waals surface area contributed by atoms with Crippen LogP contribution in [0.25, 0.3) is 0 Å². The number of aromatic nitrogens is 3. The highest BCUT2D eigenvalue weighted by molar-refractivity contribution is 8.01. The molecule has 0 bridgehead atoms. The summed E-state index contributed by atoms with van der Waals surface area (Å²) in [6.07, 6.45) is 1.95. The van der Waals surface area contributed by atoms with Crippen molar-refractivity contribution < 1.29 is 9.32 Å². The predicted molar refractivity (Wildman–Crippen MR) is 89.7 cm³/mol. The number of hydrogen-bond acceptors (Lipinski definition) is 7. The van der Waals surface area contributed by atoms with Crippen molar-refractivity contribution >= 4 is 29.0 Å². The molecular weight excluding hydrogens is 332 g/mol. The Bertz CT molecular complexity index is 683. The topological polar surface area (TPSA) is 72.1 Å². The molecule has 124 valence electrons. The molecule has 0 unspecified atom stereocenters. The smallest absolute Gasteiger partial charge is 0.233 e. The second-order valence-electron chi connectivity index (χ2n) is 5.93.